The predicted octanol–water partition coefficient (Wildman–Crippen LogP) is 3.83. The summed E-state index contributed by atoms with van der Waals surface area (Å²) in [7, 11) is 0. The minimum Gasteiger partial charge on any atom is -0.389 e. The molecule has 2 aromatic rings. The quantitative estimate of drug-likeness (QED) is 0.591. The Balaban J connectivity index is 2.21. The second-order valence-corrected chi connectivity index (χ2v) is 6.04. The average molecular weight is 417 g/mol. The number of anilines is 1. The van der Waals surface area contributed by atoms with Crippen molar-refractivity contribution >= 4 is 63.0 Å². The Kier molecular flexibility index (Phi) is 4.95. The van der Waals surface area contributed by atoms with Gasteiger partial charge in [-0.3, -0.25) is 4.79 Å². The molecule has 0 fully saturated rings. The monoisotopic (exact) mass is 416 g/mol. The van der Waals surface area contributed by atoms with Gasteiger partial charge in [-0.1, -0.05) is 36.0 Å². The summed E-state index contributed by atoms with van der Waals surface area (Å²) in [5.41, 5.74) is 7.40. The van der Waals surface area contributed by atoms with E-state index in [0.717, 1.165) is 3.57 Å². The van der Waals surface area contributed by atoms with Gasteiger partial charge in [-0.25, -0.2) is 0 Å². The predicted molar refractivity (Wildman–Crippen MR) is 94.5 cm³/mol. The van der Waals surface area contributed by atoms with E-state index in [0.29, 0.717) is 26.8 Å². The van der Waals surface area contributed by atoms with Crippen molar-refractivity contribution in [2.24, 2.45) is 5.73 Å². The number of hydrogen-bond donors (Lipinski definition) is 2. The SMILES string of the molecule is NC(=S)c1cccc(NC(=O)c2ccc(I)c(Cl)c2)c1. The summed E-state index contributed by atoms with van der Waals surface area (Å²) in [4.78, 5) is 12.4. The van der Waals surface area contributed by atoms with E-state index >= 15 is 0 Å². The van der Waals surface area contributed by atoms with Crippen LogP contribution in [0.4, 0.5) is 5.69 Å². The number of benzene rings is 2. The minimum absolute atomic E-state index is 0.233. The topological polar surface area (TPSA) is 55.1 Å². The highest BCUT2D eigenvalue weighted by Gasteiger charge is 2.09. The molecule has 3 N–H and O–H groups in total. The van der Waals surface area contributed by atoms with Crippen LogP contribution in [0.5, 0.6) is 0 Å². The summed E-state index contributed by atoms with van der Waals surface area (Å²) < 4.78 is 0.899. The molecule has 0 aliphatic heterocycles. The maximum Gasteiger partial charge on any atom is 0.255 e. The highest BCUT2D eigenvalue weighted by atomic mass is 127. The van der Waals surface area contributed by atoms with Crippen LogP contribution < -0.4 is 11.1 Å². The summed E-state index contributed by atoms with van der Waals surface area (Å²) in [6.45, 7) is 0. The van der Waals surface area contributed by atoms with Gasteiger partial charge in [-0.15, -0.1) is 0 Å². The first kappa shape index (κ1) is 15.2. The zero-order valence-electron chi connectivity index (χ0n) is 10.2. The van der Waals surface area contributed by atoms with Crippen LogP contribution in [0, 0.1) is 3.57 Å². The van der Waals surface area contributed by atoms with Gasteiger partial charge in [0.1, 0.15) is 4.99 Å². The largest absolute Gasteiger partial charge is 0.389 e. The maximum atomic E-state index is 12.1. The van der Waals surface area contributed by atoms with Crippen LogP contribution in [0.15, 0.2) is 42.5 Å². The fourth-order valence-corrected chi connectivity index (χ4v) is 2.23. The van der Waals surface area contributed by atoms with E-state index in [9.17, 15) is 4.79 Å². The first-order chi connectivity index (χ1) is 9.47. The third-order valence-corrected chi connectivity index (χ3v) is 4.39. The lowest BCUT2D eigenvalue weighted by Gasteiger charge is -2.07. The molecule has 0 atom stereocenters. The Bertz CT molecular complexity index is 691. The average Bonchev–Trinajstić information content (AvgIpc) is 2.42. The van der Waals surface area contributed by atoms with E-state index in [1.54, 1.807) is 42.5 Å². The number of thiocarbonyl (C=S) groups is 1. The third-order valence-electron chi connectivity index (χ3n) is 2.59. The lowest BCUT2D eigenvalue weighted by atomic mass is 10.1. The first-order valence-electron chi connectivity index (χ1n) is 5.63. The van der Waals surface area contributed by atoms with Gasteiger partial charge in [0, 0.05) is 20.4 Å². The minimum atomic E-state index is -0.233. The molecule has 2 rings (SSSR count). The van der Waals surface area contributed by atoms with Crippen LogP contribution in [0.1, 0.15) is 15.9 Å². The molecule has 1 amide bonds. The second-order valence-electron chi connectivity index (χ2n) is 4.03. The summed E-state index contributed by atoms with van der Waals surface area (Å²) in [6.07, 6.45) is 0. The molecule has 0 unspecified atom stereocenters. The molecular weight excluding hydrogens is 407 g/mol. The van der Waals surface area contributed by atoms with E-state index < -0.39 is 0 Å². The van der Waals surface area contributed by atoms with Gasteiger partial charge >= 0.3 is 0 Å². The normalized spacial score (nSPS) is 10.1. The molecule has 20 heavy (non-hydrogen) atoms. The standard InChI is InChI=1S/C14H10ClIN2OS/c15-11-7-9(4-5-12(11)16)14(19)18-10-3-1-2-8(6-10)13(17)20/h1-7H,(H2,17,20)(H,18,19). The second kappa shape index (κ2) is 6.51. The van der Waals surface area contributed by atoms with Crippen molar-refractivity contribution in [2.75, 3.05) is 5.32 Å². The molecule has 0 aliphatic rings. The molecule has 0 aromatic heterocycles. The Hall–Kier alpha value is -1.18. The van der Waals surface area contributed by atoms with Crippen molar-refractivity contribution in [3.8, 4) is 0 Å². The van der Waals surface area contributed by atoms with Crippen LogP contribution in [0.25, 0.3) is 0 Å². The van der Waals surface area contributed by atoms with Crippen molar-refractivity contribution in [1.82, 2.24) is 0 Å². The van der Waals surface area contributed by atoms with Crippen molar-refractivity contribution in [3.63, 3.8) is 0 Å². The number of rotatable bonds is 3. The van der Waals surface area contributed by atoms with Crippen molar-refractivity contribution in [3.05, 3.63) is 62.2 Å². The molecular formula is C14H10ClIN2OS. The Morgan fingerprint density at radius 3 is 2.60 bits per heavy atom. The first-order valence-corrected chi connectivity index (χ1v) is 7.50. The summed E-state index contributed by atoms with van der Waals surface area (Å²) in [6, 6.07) is 12.2. The van der Waals surface area contributed by atoms with Crippen LogP contribution in [-0.4, -0.2) is 10.9 Å². The summed E-state index contributed by atoms with van der Waals surface area (Å²) >= 11 is 13.0. The van der Waals surface area contributed by atoms with E-state index in [1.165, 1.54) is 0 Å². The molecule has 0 aliphatic carbocycles. The Morgan fingerprint density at radius 2 is 1.95 bits per heavy atom. The molecule has 0 saturated heterocycles. The Labute approximate surface area is 140 Å². The molecule has 0 spiro atoms. The molecule has 0 radical (unpaired) electrons. The number of halogens is 2. The lowest BCUT2D eigenvalue weighted by molar-refractivity contribution is 0.102. The molecule has 0 saturated carbocycles. The molecule has 6 heteroatoms. The number of amides is 1. The third kappa shape index (κ3) is 3.68. The van der Waals surface area contributed by atoms with Crippen LogP contribution >= 0.6 is 46.4 Å². The van der Waals surface area contributed by atoms with Crippen molar-refractivity contribution in [1.29, 1.82) is 0 Å². The fraction of sp³-hybridized carbons (Fsp3) is 0. The highest BCUT2D eigenvalue weighted by molar-refractivity contribution is 14.1. The Morgan fingerprint density at radius 1 is 1.20 bits per heavy atom. The van der Waals surface area contributed by atoms with Crippen LogP contribution in [0.3, 0.4) is 0 Å². The van der Waals surface area contributed by atoms with Crippen molar-refractivity contribution < 1.29 is 4.79 Å². The lowest BCUT2D eigenvalue weighted by Crippen LogP contribution is -2.14. The van der Waals surface area contributed by atoms with E-state index in [4.69, 9.17) is 29.6 Å². The molecule has 2 aromatic carbocycles. The van der Waals surface area contributed by atoms with E-state index in [2.05, 4.69) is 27.9 Å². The molecule has 3 nitrogen and oxygen atoms in total. The van der Waals surface area contributed by atoms with Gasteiger partial charge in [0.25, 0.3) is 5.91 Å². The number of carbonyl (C=O) groups is 1. The van der Waals surface area contributed by atoms with E-state index in [1.807, 2.05) is 0 Å². The van der Waals surface area contributed by atoms with Gasteiger partial charge in [0.05, 0.1) is 5.02 Å². The maximum absolute atomic E-state index is 12.1. The highest BCUT2D eigenvalue weighted by Crippen LogP contribution is 2.20. The molecule has 102 valence electrons. The van der Waals surface area contributed by atoms with Gasteiger partial charge in [-0.05, 0) is 52.9 Å². The molecule has 0 bridgehead atoms. The van der Waals surface area contributed by atoms with Crippen LogP contribution in [0.2, 0.25) is 5.02 Å². The van der Waals surface area contributed by atoms with Crippen molar-refractivity contribution in [2.45, 2.75) is 0 Å². The fourth-order valence-electron chi connectivity index (χ4n) is 1.59. The van der Waals surface area contributed by atoms with Gasteiger partial charge in [-0.2, -0.15) is 0 Å². The number of hydrogen-bond acceptors (Lipinski definition) is 2. The van der Waals surface area contributed by atoms with E-state index in [-0.39, 0.29) is 5.91 Å². The van der Waals surface area contributed by atoms with Crippen LogP contribution in [-0.2, 0) is 0 Å². The zero-order valence-corrected chi connectivity index (χ0v) is 13.9. The zero-order chi connectivity index (χ0) is 14.7. The number of carbonyl (C=O) groups excluding carboxylic acids is 1. The number of nitrogens with two attached hydrogens (primary N) is 1. The summed E-state index contributed by atoms with van der Waals surface area (Å²) in [5.74, 6) is -0.233. The van der Waals surface area contributed by atoms with Gasteiger partial charge in [0.15, 0.2) is 0 Å². The van der Waals surface area contributed by atoms with Gasteiger partial charge < -0.3 is 11.1 Å². The smallest absolute Gasteiger partial charge is 0.255 e. The van der Waals surface area contributed by atoms with Gasteiger partial charge in [0.2, 0.25) is 0 Å². The summed E-state index contributed by atoms with van der Waals surface area (Å²) in [5, 5.41) is 3.34. The number of nitrogens with one attached hydrogen (secondary N) is 1. The molecule has 0 heterocycles.